The standard InChI is InChI=1S/C18H19ClFN7/c1-9(12-5-6-14(20)13(19)7-12)21-17-22-10(2)23-18(25-17)24-16-8-15(26-27-16)11-3-4-11/h5-9,11H,3-4H2,1-2H3,(H3,21,22,23,24,25,26,27). The van der Waals surface area contributed by atoms with Crippen LogP contribution >= 0.6 is 11.6 Å². The Labute approximate surface area is 160 Å². The third kappa shape index (κ3) is 4.16. The van der Waals surface area contributed by atoms with Gasteiger partial charge in [-0.2, -0.15) is 20.1 Å². The van der Waals surface area contributed by atoms with Crippen molar-refractivity contribution >= 4 is 29.3 Å². The molecule has 0 bridgehead atoms. The number of aromatic nitrogens is 5. The third-order valence-corrected chi connectivity index (χ3v) is 4.68. The highest BCUT2D eigenvalue weighted by Gasteiger charge is 2.25. The zero-order valence-electron chi connectivity index (χ0n) is 14.9. The first-order valence-electron chi connectivity index (χ1n) is 8.74. The molecular weight excluding hydrogens is 369 g/mol. The van der Waals surface area contributed by atoms with Gasteiger partial charge >= 0.3 is 0 Å². The number of hydrogen-bond donors (Lipinski definition) is 3. The van der Waals surface area contributed by atoms with Gasteiger partial charge in [0, 0.05) is 17.7 Å². The Bertz CT molecular complexity index is 970. The SMILES string of the molecule is Cc1nc(Nc2cc(C3CC3)[nH]n2)nc(NC(C)c2ccc(F)c(Cl)c2)n1. The Balaban J connectivity index is 1.49. The highest BCUT2D eigenvalue weighted by atomic mass is 35.5. The minimum Gasteiger partial charge on any atom is -0.348 e. The molecule has 0 amide bonds. The van der Waals surface area contributed by atoms with E-state index < -0.39 is 5.82 Å². The molecule has 3 N–H and O–H groups in total. The van der Waals surface area contributed by atoms with Crippen LogP contribution in [0.5, 0.6) is 0 Å². The Morgan fingerprint density at radius 2 is 1.96 bits per heavy atom. The lowest BCUT2D eigenvalue weighted by Crippen LogP contribution is -2.12. The van der Waals surface area contributed by atoms with Crippen LogP contribution in [0.25, 0.3) is 0 Å². The number of aryl methyl sites for hydroxylation is 1. The van der Waals surface area contributed by atoms with Gasteiger partial charge in [0.15, 0.2) is 5.82 Å². The number of H-pyrrole nitrogens is 1. The van der Waals surface area contributed by atoms with E-state index in [2.05, 4.69) is 35.8 Å². The molecule has 0 radical (unpaired) electrons. The van der Waals surface area contributed by atoms with E-state index in [1.807, 2.05) is 13.0 Å². The number of nitrogens with zero attached hydrogens (tertiary/aromatic N) is 4. The molecule has 2 aromatic heterocycles. The van der Waals surface area contributed by atoms with E-state index in [9.17, 15) is 4.39 Å². The molecule has 140 valence electrons. The molecule has 1 fully saturated rings. The van der Waals surface area contributed by atoms with Gasteiger partial charge in [0.1, 0.15) is 11.6 Å². The first-order valence-corrected chi connectivity index (χ1v) is 9.12. The first kappa shape index (κ1) is 17.7. The van der Waals surface area contributed by atoms with Crippen LogP contribution < -0.4 is 10.6 Å². The summed E-state index contributed by atoms with van der Waals surface area (Å²) in [5.41, 5.74) is 1.96. The summed E-state index contributed by atoms with van der Waals surface area (Å²) in [7, 11) is 0. The average Bonchev–Trinajstić information content (AvgIpc) is 3.36. The summed E-state index contributed by atoms with van der Waals surface area (Å²) in [6, 6.07) is 6.42. The molecule has 0 spiro atoms. The van der Waals surface area contributed by atoms with Gasteiger partial charge in [-0.05, 0) is 44.4 Å². The van der Waals surface area contributed by atoms with Crippen LogP contribution in [0.15, 0.2) is 24.3 Å². The lowest BCUT2D eigenvalue weighted by molar-refractivity contribution is 0.627. The van der Waals surface area contributed by atoms with Crippen molar-refractivity contribution in [3.05, 3.63) is 52.2 Å². The maximum Gasteiger partial charge on any atom is 0.233 e. The summed E-state index contributed by atoms with van der Waals surface area (Å²) >= 11 is 5.87. The van der Waals surface area contributed by atoms with Crippen molar-refractivity contribution in [2.75, 3.05) is 10.6 Å². The summed E-state index contributed by atoms with van der Waals surface area (Å²) in [5.74, 6) is 2.21. The summed E-state index contributed by atoms with van der Waals surface area (Å²) < 4.78 is 13.4. The minimum absolute atomic E-state index is 0.0836. The van der Waals surface area contributed by atoms with Gasteiger partial charge in [-0.25, -0.2) is 4.39 Å². The highest BCUT2D eigenvalue weighted by molar-refractivity contribution is 6.30. The quantitative estimate of drug-likeness (QED) is 0.577. The van der Waals surface area contributed by atoms with Crippen molar-refractivity contribution in [3.63, 3.8) is 0 Å². The molecule has 3 aromatic rings. The van der Waals surface area contributed by atoms with E-state index in [0.717, 1.165) is 11.3 Å². The van der Waals surface area contributed by atoms with Crippen molar-refractivity contribution in [1.29, 1.82) is 0 Å². The van der Waals surface area contributed by atoms with Crippen LogP contribution in [0.2, 0.25) is 5.02 Å². The van der Waals surface area contributed by atoms with E-state index in [0.29, 0.717) is 29.5 Å². The fourth-order valence-electron chi connectivity index (χ4n) is 2.78. The lowest BCUT2D eigenvalue weighted by atomic mass is 10.1. The molecule has 9 heteroatoms. The van der Waals surface area contributed by atoms with Crippen molar-refractivity contribution in [1.82, 2.24) is 25.1 Å². The predicted octanol–water partition coefficient (Wildman–Crippen LogP) is 4.49. The van der Waals surface area contributed by atoms with Gasteiger partial charge in [-0.15, -0.1) is 0 Å². The summed E-state index contributed by atoms with van der Waals surface area (Å²) in [4.78, 5) is 13.0. The second kappa shape index (κ2) is 7.11. The van der Waals surface area contributed by atoms with Crippen molar-refractivity contribution in [3.8, 4) is 0 Å². The van der Waals surface area contributed by atoms with E-state index >= 15 is 0 Å². The molecular formula is C18H19ClFN7. The number of rotatable bonds is 6. The number of nitrogens with one attached hydrogen (secondary N) is 3. The van der Waals surface area contributed by atoms with Crippen molar-refractivity contribution in [2.45, 2.75) is 38.6 Å². The van der Waals surface area contributed by atoms with E-state index in [1.54, 1.807) is 19.1 Å². The van der Waals surface area contributed by atoms with Gasteiger partial charge in [-0.3, -0.25) is 5.10 Å². The summed E-state index contributed by atoms with van der Waals surface area (Å²) in [6.45, 7) is 3.71. The monoisotopic (exact) mass is 387 g/mol. The highest BCUT2D eigenvalue weighted by Crippen LogP contribution is 2.39. The number of hydrogen-bond acceptors (Lipinski definition) is 6. The Morgan fingerprint density at radius 3 is 2.70 bits per heavy atom. The first-order chi connectivity index (χ1) is 13.0. The molecule has 27 heavy (non-hydrogen) atoms. The minimum atomic E-state index is -0.445. The molecule has 1 atom stereocenters. The van der Waals surface area contributed by atoms with Gasteiger partial charge in [0.25, 0.3) is 0 Å². The van der Waals surface area contributed by atoms with E-state index in [4.69, 9.17) is 11.6 Å². The molecule has 1 aromatic carbocycles. The lowest BCUT2D eigenvalue weighted by Gasteiger charge is -2.15. The summed E-state index contributed by atoms with van der Waals surface area (Å²) in [5, 5.41) is 13.7. The smallest absolute Gasteiger partial charge is 0.233 e. The van der Waals surface area contributed by atoms with Crippen LogP contribution in [-0.4, -0.2) is 25.1 Å². The van der Waals surface area contributed by atoms with Gasteiger partial charge < -0.3 is 10.6 Å². The molecule has 1 unspecified atom stereocenters. The molecule has 2 heterocycles. The largest absolute Gasteiger partial charge is 0.348 e. The predicted molar refractivity (Wildman–Crippen MR) is 102 cm³/mol. The Morgan fingerprint density at radius 1 is 1.19 bits per heavy atom. The van der Waals surface area contributed by atoms with E-state index in [-0.39, 0.29) is 11.1 Å². The fraction of sp³-hybridized carbons (Fsp3) is 0.333. The van der Waals surface area contributed by atoms with Crippen LogP contribution in [0, 0.1) is 12.7 Å². The number of benzene rings is 1. The van der Waals surface area contributed by atoms with Gasteiger partial charge in [0.2, 0.25) is 11.9 Å². The molecule has 4 rings (SSSR count). The molecule has 7 nitrogen and oxygen atoms in total. The van der Waals surface area contributed by atoms with Crippen LogP contribution in [-0.2, 0) is 0 Å². The van der Waals surface area contributed by atoms with Crippen LogP contribution in [0.4, 0.5) is 22.1 Å². The second-order valence-corrected chi connectivity index (χ2v) is 7.08. The van der Waals surface area contributed by atoms with Crippen LogP contribution in [0.1, 0.15) is 48.8 Å². The summed E-state index contributed by atoms with van der Waals surface area (Å²) in [6.07, 6.45) is 2.40. The maximum atomic E-state index is 13.4. The third-order valence-electron chi connectivity index (χ3n) is 4.39. The number of aromatic amines is 1. The molecule has 1 aliphatic rings. The van der Waals surface area contributed by atoms with E-state index in [1.165, 1.54) is 18.9 Å². The fourth-order valence-corrected chi connectivity index (χ4v) is 2.97. The van der Waals surface area contributed by atoms with Crippen molar-refractivity contribution < 1.29 is 4.39 Å². The normalized spacial score (nSPS) is 14.8. The Hall–Kier alpha value is -2.74. The zero-order chi connectivity index (χ0) is 19.0. The van der Waals surface area contributed by atoms with Crippen LogP contribution in [0.3, 0.4) is 0 Å². The topological polar surface area (TPSA) is 91.4 Å². The molecule has 1 aliphatic carbocycles. The second-order valence-electron chi connectivity index (χ2n) is 6.68. The van der Waals surface area contributed by atoms with Crippen molar-refractivity contribution in [2.24, 2.45) is 0 Å². The zero-order valence-corrected chi connectivity index (χ0v) is 15.7. The number of anilines is 3. The maximum absolute atomic E-state index is 13.4. The van der Waals surface area contributed by atoms with Gasteiger partial charge in [0.05, 0.1) is 11.1 Å². The van der Waals surface area contributed by atoms with Gasteiger partial charge in [-0.1, -0.05) is 17.7 Å². The molecule has 0 aliphatic heterocycles. The Kier molecular flexibility index (Phi) is 4.65. The number of halogens is 2. The molecule has 1 saturated carbocycles. The average molecular weight is 388 g/mol. The molecule has 0 saturated heterocycles.